The van der Waals surface area contributed by atoms with Crippen LogP contribution in [-0.4, -0.2) is 15.1 Å². The molecule has 1 fully saturated rings. The predicted molar refractivity (Wildman–Crippen MR) is 61.5 cm³/mol. The molecule has 0 aromatic carbocycles. The van der Waals surface area contributed by atoms with E-state index in [1.165, 1.54) is 18.5 Å². The van der Waals surface area contributed by atoms with Crippen LogP contribution in [0.3, 0.4) is 0 Å². The van der Waals surface area contributed by atoms with Gasteiger partial charge in [-0.15, -0.1) is 0 Å². The number of alkyl halides is 1. The lowest BCUT2D eigenvalue weighted by Crippen LogP contribution is -2.24. The molecule has 1 aromatic heterocycles. The maximum atomic E-state index is 4.45. The van der Waals surface area contributed by atoms with Crippen LogP contribution in [-0.2, 0) is 13.5 Å². The predicted octanol–water partition coefficient (Wildman–Crippen LogP) is 2.77. The second kappa shape index (κ2) is 3.69. The van der Waals surface area contributed by atoms with Crippen LogP contribution in [0.25, 0.3) is 0 Å². The Morgan fingerprint density at radius 2 is 2.36 bits per heavy atom. The first-order valence-corrected chi connectivity index (χ1v) is 6.31. The summed E-state index contributed by atoms with van der Waals surface area (Å²) in [6.07, 6.45) is 5.92. The fourth-order valence-corrected chi connectivity index (χ4v) is 2.71. The highest BCUT2D eigenvalue weighted by atomic mass is 79.9. The van der Waals surface area contributed by atoms with Crippen molar-refractivity contribution >= 4 is 15.9 Å². The summed E-state index contributed by atoms with van der Waals surface area (Å²) in [5.41, 5.74) is 1.63. The summed E-state index contributed by atoms with van der Waals surface area (Å²) in [5, 5.41) is 5.53. The molecular weight excluding hydrogens is 240 g/mol. The van der Waals surface area contributed by atoms with Crippen LogP contribution in [0, 0.1) is 11.3 Å². The van der Waals surface area contributed by atoms with Crippen molar-refractivity contribution in [2.45, 2.75) is 26.2 Å². The number of hydrogen-bond acceptors (Lipinski definition) is 1. The Labute approximate surface area is 93.8 Å². The molecule has 0 bridgehead atoms. The second-order valence-corrected chi connectivity index (χ2v) is 5.28. The number of aromatic nitrogens is 2. The van der Waals surface area contributed by atoms with E-state index in [4.69, 9.17) is 0 Å². The molecule has 2 nitrogen and oxygen atoms in total. The lowest BCUT2D eigenvalue weighted by molar-refractivity contribution is 0.314. The third kappa shape index (κ3) is 2.02. The van der Waals surface area contributed by atoms with Gasteiger partial charge in [0.25, 0.3) is 0 Å². The zero-order valence-corrected chi connectivity index (χ0v) is 10.4. The highest BCUT2D eigenvalue weighted by Gasteiger charge is 2.40. The van der Waals surface area contributed by atoms with Crippen molar-refractivity contribution < 1.29 is 0 Å². The molecule has 0 aliphatic heterocycles. The van der Waals surface area contributed by atoms with Crippen LogP contribution >= 0.6 is 15.9 Å². The third-order valence-corrected chi connectivity index (χ3v) is 4.50. The third-order valence-electron chi connectivity index (χ3n) is 3.22. The van der Waals surface area contributed by atoms with Gasteiger partial charge in [-0.2, -0.15) is 5.10 Å². The van der Waals surface area contributed by atoms with Crippen molar-refractivity contribution in [3.63, 3.8) is 0 Å². The Kier molecular flexibility index (Phi) is 2.69. The van der Waals surface area contributed by atoms with E-state index >= 15 is 0 Å². The van der Waals surface area contributed by atoms with Crippen LogP contribution in [0.2, 0.25) is 0 Å². The van der Waals surface area contributed by atoms with Gasteiger partial charge in [-0.05, 0) is 36.7 Å². The van der Waals surface area contributed by atoms with Crippen LogP contribution in [0.5, 0.6) is 0 Å². The molecule has 0 radical (unpaired) electrons. The van der Waals surface area contributed by atoms with Crippen LogP contribution in [0.1, 0.15) is 25.5 Å². The summed E-state index contributed by atoms with van der Waals surface area (Å²) in [7, 11) is 1.98. The van der Waals surface area contributed by atoms with E-state index in [0.717, 1.165) is 17.7 Å². The summed E-state index contributed by atoms with van der Waals surface area (Å²) in [4.78, 5) is 0. The van der Waals surface area contributed by atoms with E-state index in [1.807, 2.05) is 17.9 Å². The molecule has 3 heteroatoms. The molecule has 78 valence electrons. The van der Waals surface area contributed by atoms with Gasteiger partial charge in [-0.1, -0.05) is 22.9 Å². The van der Waals surface area contributed by atoms with E-state index in [9.17, 15) is 0 Å². The van der Waals surface area contributed by atoms with Crippen LogP contribution in [0.15, 0.2) is 12.3 Å². The number of nitrogens with zero attached hydrogens (tertiary/aromatic N) is 2. The summed E-state index contributed by atoms with van der Waals surface area (Å²) < 4.78 is 1.89. The van der Waals surface area contributed by atoms with Gasteiger partial charge < -0.3 is 0 Å². The SMILES string of the molecule is Cn1ccc(CC(C)(CBr)C2CC2)n1. The van der Waals surface area contributed by atoms with Gasteiger partial charge >= 0.3 is 0 Å². The number of rotatable bonds is 4. The normalized spacial score (nSPS) is 20.8. The summed E-state index contributed by atoms with van der Waals surface area (Å²) >= 11 is 3.64. The number of halogens is 1. The van der Waals surface area contributed by atoms with Gasteiger partial charge in [0, 0.05) is 18.6 Å². The largest absolute Gasteiger partial charge is 0.276 e. The Morgan fingerprint density at radius 3 is 2.79 bits per heavy atom. The fraction of sp³-hybridized carbons (Fsp3) is 0.727. The molecule has 1 unspecified atom stereocenters. The van der Waals surface area contributed by atoms with Crippen LogP contribution in [0.4, 0.5) is 0 Å². The Morgan fingerprint density at radius 1 is 1.64 bits per heavy atom. The minimum absolute atomic E-state index is 0.411. The maximum Gasteiger partial charge on any atom is 0.0630 e. The molecule has 2 rings (SSSR count). The van der Waals surface area contributed by atoms with Crippen molar-refractivity contribution in [1.82, 2.24) is 9.78 Å². The van der Waals surface area contributed by atoms with Crippen molar-refractivity contribution in [2.24, 2.45) is 18.4 Å². The first-order chi connectivity index (χ1) is 6.64. The number of hydrogen-bond donors (Lipinski definition) is 0. The zero-order valence-electron chi connectivity index (χ0n) is 8.83. The second-order valence-electron chi connectivity index (χ2n) is 4.72. The fourth-order valence-electron chi connectivity index (χ4n) is 2.05. The topological polar surface area (TPSA) is 17.8 Å². The molecule has 1 aliphatic carbocycles. The van der Waals surface area contributed by atoms with E-state index in [1.54, 1.807) is 0 Å². The lowest BCUT2D eigenvalue weighted by atomic mass is 9.82. The smallest absolute Gasteiger partial charge is 0.0630 e. The highest BCUT2D eigenvalue weighted by Crippen LogP contribution is 2.48. The molecule has 0 amide bonds. The molecule has 1 heterocycles. The minimum atomic E-state index is 0.411. The maximum absolute atomic E-state index is 4.45. The molecule has 0 saturated heterocycles. The first-order valence-electron chi connectivity index (χ1n) is 5.18. The van der Waals surface area contributed by atoms with Gasteiger partial charge in [0.05, 0.1) is 5.69 Å². The summed E-state index contributed by atoms with van der Waals surface area (Å²) in [6, 6.07) is 2.13. The molecule has 14 heavy (non-hydrogen) atoms. The Balaban J connectivity index is 2.07. The van der Waals surface area contributed by atoms with Crippen molar-refractivity contribution in [1.29, 1.82) is 0 Å². The van der Waals surface area contributed by atoms with Gasteiger partial charge in [-0.3, -0.25) is 4.68 Å². The minimum Gasteiger partial charge on any atom is -0.276 e. The average Bonchev–Trinajstić information content (AvgIpc) is 2.93. The first kappa shape index (κ1) is 10.2. The van der Waals surface area contributed by atoms with Crippen molar-refractivity contribution in [2.75, 3.05) is 5.33 Å². The van der Waals surface area contributed by atoms with Gasteiger partial charge in [0.2, 0.25) is 0 Å². The van der Waals surface area contributed by atoms with Crippen molar-refractivity contribution in [3.05, 3.63) is 18.0 Å². The molecule has 1 saturated carbocycles. The molecule has 1 atom stereocenters. The highest BCUT2D eigenvalue weighted by molar-refractivity contribution is 9.09. The van der Waals surface area contributed by atoms with E-state index in [-0.39, 0.29) is 0 Å². The van der Waals surface area contributed by atoms with Gasteiger partial charge in [0.1, 0.15) is 0 Å². The average molecular weight is 257 g/mol. The van der Waals surface area contributed by atoms with Gasteiger partial charge in [0.15, 0.2) is 0 Å². The Bertz CT molecular complexity index is 317. The lowest BCUT2D eigenvalue weighted by Gasteiger charge is -2.26. The van der Waals surface area contributed by atoms with Gasteiger partial charge in [-0.25, -0.2) is 0 Å². The number of aryl methyl sites for hydroxylation is 1. The van der Waals surface area contributed by atoms with Crippen molar-refractivity contribution in [3.8, 4) is 0 Å². The quantitative estimate of drug-likeness (QED) is 0.758. The summed E-state index contributed by atoms with van der Waals surface area (Å²) in [6.45, 7) is 2.37. The molecular formula is C11H17BrN2. The van der Waals surface area contributed by atoms with Crippen LogP contribution < -0.4 is 0 Å². The van der Waals surface area contributed by atoms with E-state index in [0.29, 0.717) is 5.41 Å². The van der Waals surface area contributed by atoms with E-state index in [2.05, 4.69) is 34.0 Å². The zero-order chi connectivity index (χ0) is 10.2. The Hall–Kier alpha value is -0.310. The molecule has 0 N–H and O–H groups in total. The standard InChI is InChI=1S/C11H17BrN2/c1-11(8-12,9-3-4-9)7-10-5-6-14(2)13-10/h5-6,9H,3-4,7-8H2,1-2H3. The molecule has 1 aliphatic rings. The monoisotopic (exact) mass is 256 g/mol. The molecule has 1 aromatic rings. The summed E-state index contributed by atoms with van der Waals surface area (Å²) in [5.74, 6) is 0.906. The molecule has 0 spiro atoms. The van der Waals surface area contributed by atoms with E-state index < -0.39 is 0 Å².